The van der Waals surface area contributed by atoms with E-state index < -0.39 is 81.2 Å². The lowest BCUT2D eigenvalue weighted by atomic mass is 9.49. The largest absolute Gasteiger partial charge is 0.456 e. The number of nitrogens with zero attached hydrogens (tertiary/aromatic N) is 1. The number of esters is 2. The summed E-state index contributed by atoms with van der Waals surface area (Å²) < 4.78 is 18.7. The average molecular weight is 594 g/mol. The van der Waals surface area contributed by atoms with E-state index in [9.17, 15) is 35.1 Å². The molecule has 0 aromatic rings. The van der Waals surface area contributed by atoms with Crippen molar-refractivity contribution in [3.63, 3.8) is 0 Å². The van der Waals surface area contributed by atoms with Crippen molar-refractivity contribution in [3.05, 3.63) is 0 Å². The van der Waals surface area contributed by atoms with Gasteiger partial charge in [-0.05, 0) is 51.4 Å². The van der Waals surface area contributed by atoms with Crippen LogP contribution < -0.4 is 0 Å². The second-order valence-corrected chi connectivity index (χ2v) is 15.5. The Morgan fingerprint density at radius 2 is 1.57 bits per heavy atom. The van der Waals surface area contributed by atoms with Gasteiger partial charge in [0.2, 0.25) is 0 Å². The van der Waals surface area contributed by atoms with E-state index >= 15 is 0 Å². The van der Waals surface area contributed by atoms with Crippen LogP contribution in [0.15, 0.2) is 0 Å². The van der Waals surface area contributed by atoms with Gasteiger partial charge in [-0.3, -0.25) is 14.5 Å². The Labute approximate surface area is 246 Å². The van der Waals surface area contributed by atoms with Crippen LogP contribution in [0.3, 0.4) is 0 Å². The lowest BCUT2D eigenvalue weighted by Crippen LogP contribution is -2.85. The number of fused-ring (bicyclic) bond motifs is 5. The van der Waals surface area contributed by atoms with E-state index in [2.05, 4.69) is 11.8 Å². The molecule has 14 atom stereocenters. The van der Waals surface area contributed by atoms with Crippen molar-refractivity contribution in [2.45, 2.75) is 138 Å². The van der Waals surface area contributed by atoms with Crippen molar-refractivity contribution < 1.29 is 49.3 Å². The monoisotopic (exact) mass is 593 g/mol. The smallest absolute Gasteiger partial charge is 0.305 e. The standard InChI is InChI=1S/C31H47NO10/c1-16-6-9-22-26(5,36)30(39)21(14-32(22)13-16)28(38)15-29-20(27(28,37)12-23(30)35)8-7-19-25(29,4)11-10-24(40-17(2)33)31(19,42-29)41-18(3)34/h16,19-24,35-39H,6-15H2,1-5H3/t16-,19-,20-,21-,22-,23-,24-,25-,26+,27+,28+,29+,30-,31-/m0/s1. The van der Waals surface area contributed by atoms with Gasteiger partial charge in [-0.25, -0.2) is 0 Å². The van der Waals surface area contributed by atoms with Gasteiger partial charge in [0.25, 0.3) is 5.79 Å². The van der Waals surface area contributed by atoms with Gasteiger partial charge in [0.15, 0.2) is 6.10 Å². The highest BCUT2D eigenvalue weighted by molar-refractivity contribution is 5.68. The second kappa shape index (κ2) is 8.47. The summed E-state index contributed by atoms with van der Waals surface area (Å²) in [5, 5.41) is 61.9. The first-order valence-corrected chi connectivity index (χ1v) is 15.8. The number of aliphatic hydroxyl groups is 5. The van der Waals surface area contributed by atoms with E-state index in [1.165, 1.54) is 13.8 Å². The Morgan fingerprint density at radius 3 is 2.24 bits per heavy atom. The summed E-state index contributed by atoms with van der Waals surface area (Å²) in [5.74, 6) is -4.44. The number of hydrogen-bond donors (Lipinski definition) is 5. The van der Waals surface area contributed by atoms with Crippen molar-refractivity contribution in [1.82, 2.24) is 4.90 Å². The maximum absolute atomic E-state index is 13.0. The zero-order chi connectivity index (χ0) is 30.5. The molecule has 3 saturated heterocycles. The van der Waals surface area contributed by atoms with E-state index in [0.717, 1.165) is 6.42 Å². The molecule has 0 amide bonds. The topological polar surface area (TPSA) is 166 Å². The van der Waals surface area contributed by atoms with Gasteiger partial charge in [-0.1, -0.05) is 13.8 Å². The third-order valence-corrected chi connectivity index (χ3v) is 13.6. The minimum Gasteiger partial charge on any atom is -0.456 e. The highest BCUT2D eigenvalue weighted by Crippen LogP contribution is 2.78. The Kier molecular flexibility index (Phi) is 5.92. The molecule has 7 aliphatic rings. The molecule has 7 fully saturated rings. The Balaban J connectivity index is 1.38. The lowest BCUT2D eigenvalue weighted by Gasteiger charge is -2.68. The van der Waals surface area contributed by atoms with Gasteiger partial charge in [0.1, 0.15) is 22.4 Å². The van der Waals surface area contributed by atoms with Crippen LogP contribution in [0.2, 0.25) is 0 Å². The number of piperidine rings is 2. The van der Waals surface area contributed by atoms with E-state index in [0.29, 0.717) is 44.6 Å². The Bertz CT molecular complexity index is 1210. The first-order valence-electron chi connectivity index (χ1n) is 15.8. The first kappa shape index (κ1) is 29.4. The molecular formula is C31H47NO10. The van der Waals surface area contributed by atoms with Gasteiger partial charge in [0, 0.05) is 69.0 Å². The third-order valence-electron chi connectivity index (χ3n) is 13.6. The highest BCUT2D eigenvalue weighted by Gasteiger charge is 2.89. The molecule has 3 heterocycles. The number of carbonyl (C=O) groups excluding carboxylic acids is 2. The van der Waals surface area contributed by atoms with Crippen molar-refractivity contribution in [2.75, 3.05) is 13.1 Å². The summed E-state index contributed by atoms with van der Waals surface area (Å²) in [6, 6.07) is -0.401. The van der Waals surface area contributed by atoms with Crippen molar-refractivity contribution in [2.24, 2.45) is 29.1 Å². The van der Waals surface area contributed by atoms with E-state index in [1.54, 1.807) is 6.92 Å². The van der Waals surface area contributed by atoms with Crippen LogP contribution in [0.1, 0.15) is 86.0 Å². The molecule has 3 aliphatic heterocycles. The molecule has 236 valence electrons. The zero-order valence-corrected chi connectivity index (χ0v) is 25.3. The summed E-state index contributed by atoms with van der Waals surface area (Å²) in [6.07, 6.45) is 0.601. The summed E-state index contributed by atoms with van der Waals surface area (Å²) in [5.41, 5.74) is -9.50. The highest BCUT2D eigenvalue weighted by atomic mass is 16.8. The SMILES string of the molecule is CC(=O)O[C@H]1CC[C@@]2(C)[C@@H]3CC[C@H]4[C@]5(O)C[C@H](O)[C@@]6(O)[C@@H](CN7C[C@@H](C)CC[C@H]7[C@@]6(C)O)[C@]5(O)C[C@@]42O[C@]13OC(C)=O. The minimum absolute atomic E-state index is 0.0756. The summed E-state index contributed by atoms with van der Waals surface area (Å²) >= 11 is 0. The molecule has 0 unspecified atom stereocenters. The number of aliphatic hydroxyl groups excluding tert-OH is 1. The first-order chi connectivity index (χ1) is 19.4. The van der Waals surface area contributed by atoms with Crippen molar-refractivity contribution >= 4 is 11.9 Å². The molecule has 1 spiro atoms. The summed E-state index contributed by atoms with van der Waals surface area (Å²) in [7, 11) is 0. The summed E-state index contributed by atoms with van der Waals surface area (Å²) in [6.45, 7) is 9.20. The normalized spacial score (nSPS) is 59.6. The number of rotatable bonds is 2. The van der Waals surface area contributed by atoms with Crippen LogP contribution in [-0.4, -0.2) is 108 Å². The molecule has 42 heavy (non-hydrogen) atoms. The molecule has 4 saturated carbocycles. The quantitative estimate of drug-likeness (QED) is 0.285. The minimum atomic E-state index is -2.08. The Hall–Kier alpha value is -1.34. The van der Waals surface area contributed by atoms with Crippen LogP contribution >= 0.6 is 0 Å². The number of ether oxygens (including phenoxy) is 3. The van der Waals surface area contributed by atoms with Gasteiger partial charge in [-0.2, -0.15) is 0 Å². The predicted molar refractivity (Wildman–Crippen MR) is 145 cm³/mol. The van der Waals surface area contributed by atoms with Crippen LogP contribution in [0.25, 0.3) is 0 Å². The maximum atomic E-state index is 13.0. The third kappa shape index (κ3) is 3.07. The van der Waals surface area contributed by atoms with E-state index in [4.69, 9.17) is 14.2 Å². The molecular weight excluding hydrogens is 546 g/mol. The van der Waals surface area contributed by atoms with Gasteiger partial charge in [-0.15, -0.1) is 0 Å². The molecule has 0 aromatic heterocycles. The number of hydrogen-bond acceptors (Lipinski definition) is 11. The van der Waals surface area contributed by atoms with Crippen LogP contribution in [-0.2, 0) is 23.8 Å². The lowest BCUT2D eigenvalue weighted by molar-refractivity contribution is -0.354. The molecule has 4 aliphatic carbocycles. The fraction of sp³-hybridized carbons (Fsp3) is 0.935. The maximum Gasteiger partial charge on any atom is 0.305 e. The van der Waals surface area contributed by atoms with Gasteiger partial charge in [0.05, 0.1) is 11.7 Å². The molecule has 11 nitrogen and oxygen atoms in total. The zero-order valence-electron chi connectivity index (χ0n) is 25.3. The Morgan fingerprint density at radius 1 is 0.881 bits per heavy atom. The van der Waals surface area contributed by atoms with Crippen LogP contribution in [0.4, 0.5) is 0 Å². The summed E-state index contributed by atoms with van der Waals surface area (Å²) in [4.78, 5) is 26.8. The molecule has 0 aromatic carbocycles. The molecule has 5 N–H and O–H groups in total. The fourth-order valence-corrected chi connectivity index (χ4v) is 12.0. The molecule has 4 bridgehead atoms. The second-order valence-electron chi connectivity index (χ2n) is 15.5. The van der Waals surface area contributed by atoms with Gasteiger partial charge < -0.3 is 39.7 Å². The molecule has 11 heteroatoms. The van der Waals surface area contributed by atoms with Crippen LogP contribution in [0.5, 0.6) is 0 Å². The van der Waals surface area contributed by atoms with Crippen LogP contribution in [0, 0.1) is 29.1 Å². The van der Waals surface area contributed by atoms with E-state index in [1.807, 2.05) is 6.92 Å². The molecule has 7 rings (SSSR count). The average Bonchev–Trinajstić information content (AvgIpc) is 3.05. The molecule has 0 radical (unpaired) electrons. The van der Waals surface area contributed by atoms with Crippen molar-refractivity contribution in [3.8, 4) is 0 Å². The van der Waals surface area contributed by atoms with E-state index in [-0.39, 0.29) is 25.3 Å². The predicted octanol–water partition coefficient (Wildman–Crippen LogP) is 0.616. The fourth-order valence-electron chi connectivity index (χ4n) is 12.0. The van der Waals surface area contributed by atoms with Gasteiger partial charge >= 0.3 is 11.9 Å². The van der Waals surface area contributed by atoms with Crippen molar-refractivity contribution in [1.29, 1.82) is 0 Å². The number of carbonyl (C=O) groups is 2.